The first-order chi connectivity index (χ1) is 9.12. The zero-order valence-electron chi connectivity index (χ0n) is 10.8. The highest BCUT2D eigenvalue weighted by Crippen LogP contribution is 2.39. The molecule has 4 nitrogen and oxygen atoms in total. The van der Waals surface area contributed by atoms with Gasteiger partial charge in [0, 0.05) is 17.0 Å². The van der Waals surface area contributed by atoms with E-state index in [0.29, 0.717) is 5.02 Å². The molecule has 5 heteroatoms. The molecular formula is C14H17ClN2O2. The fraction of sp³-hybridized carbons (Fsp3) is 0.429. The highest BCUT2D eigenvalue weighted by molar-refractivity contribution is 6.31. The SMILES string of the molecule is CC1(C(NN)c2cc3cc(Cl)ccc3o2)CCCO1. The second kappa shape index (κ2) is 4.80. The number of ether oxygens (including phenoxy) is 1. The smallest absolute Gasteiger partial charge is 0.134 e. The van der Waals surface area contributed by atoms with Crippen molar-refractivity contribution in [2.75, 3.05) is 6.61 Å². The number of nitrogens with one attached hydrogen (secondary N) is 1. The van der Waals surface area contributed by atoms with Crippen molar-refractivity contribution in [3.8, 4) is 0 Å². The molecule has 1 aliphatic rings. The van der Waals surface area contributed by atoms with Crippen molar-refractivity contribution < 1.29 is 9.15 Å². The van der Waals surface area contributed by atoms with E-state index < -0.39 is 0 Å². The molecule has 19 heavy (non-hydrogen) atoms. The third-order valence-electron chi connectivity index (χ3n) is 3.81. The van der Waals surface area contributed by atoms with Gasteiger partial charge < -0.3 is 9.15 Å². The van der Waals surface area contributed by atoms with E-state index in [-0.39, 0.29) is 11.6 Å². The van der Waals surface area contributed by atoms with Crippen molar-refractivity contribution in [1.29, 1.82) is 0 Å². The van der Waals surface area contributed by atoms with Crippen LogP contribution in [0.5, 0.6) is 0 Å². The maximum absolute atomic E-state index is 5.99. The van der Waals surface area contributed by atoms with Crippen LogP contribution in [0, 0.1) is 0 Å². The van der Waals surface area contributed by atoms with E-state index in [4.69, 9.17) is 26.6 Å². The third-order valence-corrected chi connectivity index (χ3v) is 4.04. The molecule has 0 radical (unpaired) electrons. The van der Waals surface area contributed by atoms with E-state index in [1.807, 2.05) is 24.3 Å². The molecule has 3 N–H and O–H groups in total. The van der Waals surface area contributed by atoms with Gasteiger partial charge in [0.15, 0.2) is 0 Å². The van der Waals surface area contributed by atoms with E-state index in [1.54, 1.807) is 0 Å². The summed E-state index contributed by atoms with van der Waals surface area (Å²) in [5, 5.41) is 1.67. The molecule has 2 unspecified atom stereocenters. The average molecular weight is 281 g/mol. The first-order valence-electron chi connectivity index (χ1n) is 6.41. The fourth-order valence-electron chi connectivity index (χ4n) is 2.76. The molecule has 2 heterocycles. The molecular weight excluding hydrogens is 264 g/mol. The molecule has 1 aromatic carbocycles. The highest BCUT2D eigenvalue weighted by atomic mass is 35.5. The van der Waals surface area contributed by atoms with Gasteiger partial charge in [-0.1, -0.05) is 11.6 Å². The van der Waals surface area contributed by atoms with Gasteiger partial charge in [-0.15, -0.1) is 0 Å². The normalized spacial score (nSPS) is 25.0. The minimum atomic E-state index is -0.327. The number of nitrogens with two attached hydrogens (primary N) is 1. The summed E-state index contributed by atoms with van der Waals surface area (Å²) in [6.45, 7) is 2.82. The molecule has 0 bridgehead atoms. The van der Waals surface area contributed by atoms with Gasteiger partial charge in [0.25, 0.3) is 0 Å². The Morgan fingerprint density at radius 2 is 2.26 bits per heavy atom. The largest absolute Gasteiger partial charge is 0.459 e. The van der Waals surface area contributed by atoms with Crippen LogP contribution < -0.4 is 11.3 Å². The van der Waals surface area contributed by atoms with Crippen molar-refractivity contribution in [2.24, 2.45) is 5.84 Å². The Balaban J connectivity index is 2.01. The minimum Gasteiger partial charge on any atom is -0.459 e. The number of furan rings is 1. The van der Waals surface area contributed by atoms with Gasteiger partial charge in [-0.25, -0.2) is 5.43 Å². The number of halogens is 1. The van der Waals surface area contributed by atoms with Gasteiger partial charge in [-0.05, 0) is 44.0 Å². The number of hydrogen-bond donors (Lipinski definition) is 2. The summed E-state index contributed by atoms with van der Waals surface area (Å²) in [7, 11) is 0. The lowest BCUT2D eigenvalue weighted by molar-refractivity contribution is -0.0177. The predicted octanol–water partition coefficient (Wildman–Crippen LogP) is 3.16. The molecule has 2 atom stereocenters. The van der Waals surface area contributed by atoms with Crippen LogP contribution in [0.2, 0.25) is 5.02 Å². The zero-order chi connectivity index (χ0) is 13.5. The topological polar surface area (TPSA) is 60.4 Å². The van der Waals surface area contributed by atoms with Crippen LogP contribution in [0.15, 0.2) is 28.7 Å². The second-order valence-electron chi connectivity index (χ2n) is 5.20. The van der Waals surface area contributed by atoms with Crippen molar-refractivity contribution in [1.82, 2.24) is 5.43 Å². The van der Waals surface area contributed by atoms with Gasteiger partial charge in [-0.2, -0.15) is 0 Å². The van der Waals surface area contributed by atoms with Crippen LogP contribution in [0.25, 0.3) is 11.0 Å². The van der Waals surface area contributed by atoms with Crippen LogP contribution in [0.4, 0.5) is 0 Å². The lowest BCUT2D eigenvalue weighted by atomic mass is 9.91. The van der Waals surface area contributed by atoms with E-state index in [1.165, 1.54) is 0 Å². The number of rotatable bonds is 3. The highest BCUT2D eigenvalue weighted by Gasteiger charge is 2.40. The molecule has 102 valence electrons. The van der Waals surface area contributed by atoms with Gasteiger partial charge in [0.1, 0.15) is 17.4 Å². The Hall–Kier alpha value is -1.07. The van der Waals surface area contributed by atoms with Crippen LogP contribution in [0.1, 0.15) is 31.6 Å². The van der Waals surface area contributed by atoms with Crippen molar-refractivity contribution in [3.05, 3.63) is 35.0 Å². The lowest BCUT2D eigenvalue weighted by Gasteiger charge is -2.31. The molecule has 1 aromatic heterocycles. The standard InChI is InChI=1S/C14H17ClN2O2/c1-14(5-2-6-18-14)13(17-16)12-8-9-7-10(15)3-4-11(9)19-12/h3-4,7-8,13,17H,2,5-6,16H2,1H3. The maximum Gasteiger partial charge on any atom is 0.134 e. The van der Waals surface area contributed by atoms with Crippen LogP contribution in [0.3, 0.4) is 0 Å². The van der Waals surface area contributed by atoms with Crippen molar-refractivity contribution >= 4 is 22.6 Å². The number of fused-ring (bicyclic) bond motifs is 1. The number of hydrazine groups is 1. The molecule has 0 amide bonds. The lowest BCUT2D eigenvalue weighted by Crippen LogP contribution is -2.44. The Labute approximate surface area is 116 Å². The molecule has 1 saturated heterocycles. The van der Waals surface area contributed by atoms with Gasteiger partial charge in [0.2, 0.25) is 0 Å². The summed E-state index contributed by atoms with van der Waals surface area (Å²) in [6, 6.07) is 7.37. The molecule has 0 spiro atoms. The molecule has 1 aliphatic heterocycles. The van der Waals surface area contributed by atoms with Crippen molar-refractivity contribution in [2.45, 2.75) is 31.4 Å². The van der Waals surface area contributed by atoms with E-state index in [0.717, 1.165) is 36.2 Å². The summed E-state index contributed by atoms with van der Waals surface area (Å²) >= 11 is 5.99. The van der Waals surface area contributed by atoms with Crippen LogP contribution >= 0.6 is 11.6 Å². The number of benzene rings is 1. The molecule has 1 fully saturated rings. The number of hydrogen-bond acceptors (Lipinski definition) is 4. The van der Waals surface area contributed by atoms with E-state index >= 15 is 0 Å². The minimum absolute atomic E-state index is 0.166. The maximum atomic E-state index is 5.99. The van der Waals surface area contributed by atoms with Crippen LogP contribution in [-0.4, -0.2) is 12.2 Å². The summed E-state index contributed by atoms with van der Waals surface area (Å²) in [5.74, 6) is 6.49. The summed E-state index contributed by atoms with van der Waals surface area (Å²) in [6.07, 6.45) is 2.00. The summed E-state index contributed by atoms with van der Waals surface area (Å²) in [4.78, 5) is 0. The first-order valence-corrected chi connectivity index (χ1v) is 6.79. The Morgan fingerprint density at radius 3 is 2.95 bits per heavy atom. The summed E-state index contributed by atoms with van der Waals surface area (Å²) in [5.41, 5.74) is 3.30. The van der Waals surface area contributed by atoms with Gasteiger partial charge >= 0.3 is 0 Å². The zero-order valence-corrected chi connectivity index (χ0v) is 11.5. The van der Waals surface area contributed by atoms with Crippen LogP contribution in [-0.2, 0) is 4.74 Å². The third kappa shape index (κ3) is 2.25. The fourth-order valence-corrected chi connectivity index (χ4v) is 2.95. The molecule has 2 aromatic rings. The van der Waals surface area contributed by atoms with Crippen molar-refractivity contribution in [3.63, 3.8) is 0 Å². The summed E-state index contributed by atoms with van der Waals surface area (Å²) < 4.78 is 11.7. The monoisotopic (exact) mass is 280 g/mol. The van der Waals surface area contributed by atoms with E-state index in [2.05, 4.69) is 12.3 Å². The molecule has 0 aliphatic carbocycles. The Bertz CT molecular complexity index is 590. The molecule has 0 saturated carbocycles. The Kier molecular flexibility index (Phi) is 3.27. The Morgan fingerprint density at radius 1 is 1.42 bits per heavy atom. The predicted molar refractivity (Wildman–Crippen MR) is 74.9 cm³/mol. The molecule has 3 rings (SSSR count). The van der Waals surface area contributed by atoms with Gasteiger partial charge in [-0.3, -0.25) is 5.84 Å². The van der Waals surface area contributed by atoms with Gasteiger partial charge in [0.05, 0.1) is 5.60 Å². The second-order valence-corrected chi connectivity index (χ2v) is 5.63. The quantitative estimate of drug-likeness (QED) is 0.670. The average Bonchev–Trinajstić information content (AvgIpc) is 2.96. The van der Waals surface area contributed by atoms with E-state index in [9.17, 15) is 0 Å². The first kappa shape index (κ1) is 12.9.